The Labute approximate surface area is 136 Å². The van der Waals surface area contributed by atoms with Crippen LogP contribution in [0.4, 0.5) is 0 Å². The standard InChI is InChI=1S/C16H22N2O4S/c1-10-6-11(2)8-14(7-10)15(19)9-18(5)23(20,21)16-12(3)17-22-13(16)4/h6-8,15,19H,9H2,1-5H3. The number of aliphatic hydroxyl groups is 1. The molecule has 0 aliphatic rings. The van der Waals surface area contributed by atoms with Gasteiger partial charge in [-0.1, -0.05) is 34.5 Å². The average molecular weight is 338 g/mol. The molecule has 126 valence electrons. The van der Waals surface area contributed by atoms with Gasteiger partial charge in [-0.3, -0.25) is 0 Å². The molecule has 0 aliphatic heterocycles. The smallest absolute Gasteiger partial charge is 0.248 e. The lowest BCUT2D eigenvalue weighted by Gasteiger charge is -2.21. The number of rotatable bonds is 5. The minimum absolute atomic E-state index is 0.0463. The van der Waals surface area contributed by atoms with E-state index in [4.69, 9.17) is 4.52 Å². The van der Waals surface area contributed by atoms with Crippen molar-refractivity contribution in [1.82, 2.24) is 9.46 Å². The van der Waals surface area contributed by atoms with E-state index in [1.165, 1.54) is 7.05 Å². The molecule has 1 aromatic heterocycles. The van der Waals surface area contributed by atoms with Crippen molar-refractivity contribution in [3.8, 4) is 0 Å². The predicted octanol–water partition coefficient (Wildman–Crippen LogP) is 2.26. The highest BCUT2D eigenvalue weighted by atomic mass is 32.2. The number of nitrogens with zero attached hydrogens (tertiary/aromatic N) is 2. The van der Waals surface area contributed by atoms with Crippen LogP contribution in [0.15, 0.2) is 27.6 Å². The number of sulfonamides is 1. The SMILES string of the molecule is Cc1cc(C)cc(C(O)CN(C)S(=O)(=O)c2c(C)noc2C)c1. The first-order chi connectivity index (χ1) is 10.6. The molecule has 1 aromatic carbocycles. The maximum absolute atomic E-state index is 12.7. The van der Waals surface area contributed by atoms with Crippen molar-refractivity contribution >= 4 is 10.0 Å². The third kappa shape index (κ3) is 3.63. The van der Waals surface area contributed by atoms with E-state index in [0.717, 1.165) is 15.4 Å². The summed E-state index contributed by atoms with van der Waals surface area (Å²) >= 11 is 0. The Morgan fingerprint density at radius 3 is 2.22 bits per heavy atom. The Morgan fingerprint density at radius 2 is 1.74 bits per heavy atom. The van der Waals surface area contributed by atoms with E-state index in [9.17, 15) is 13.5 Å². The van der Waals surface area contributed by atoms with Crippen LogP contribution in [0.25, 0.3) is 0 Å². The number of hydrogen-bond acceptors (Lipinski definition) is 5. The van der Waals surface area contributed by atoms with Gasteiger partial charge in [0.05, 0.1) is 6.10 Å². The van der Waals surface area contributed by atoms with Crippen LogP contribution in [0.2, 0.25) is 0 Å². The Hall–Kier alpha value is -1.70. The van der Waals surface area contributed by atoms with E-state index >= 15 is 0 Å². The van der Waals surface area contributed by atoms with Crippen LogP contribution in [0.3, 0.4) is 0 Å². The van der Waals surface area contributed by atoms with Crippen LogP contribution in [0.5, 0.6) is 0 Å². The first kappa shape index (κ1) is 17.7. The lowest BCUT2D eigenvalue weighted by Crippen LogP contribution is -2.31. The summed E-state index contributed by atoms with van der Waals surface area (Å²) < 4.78 is 31.4. The van der Waals surface area contributed by atoms with E-state index in [1.54, 1.807) is 13.8 Å². The fraction of sp³-hybridized carbons (Fsp3) is 0.438. The number of aliphatic hydroxyl groups excluding tert-OH is 1. The molecule has 0 saturated carbocycles. The summed E-state index contributed by atoms with van der Waals surface area (Å²) in [5.74, 6) is 0.246. The fourth-order valence-corrected chi connectivity index (χ4v) is 4.11. The first-order valence-electron chi connectivity index (χ1n) is 7.28. The topological polar surface area (TPSA) is 83.6 Å². The van der Waals surface area contributed by atoms with Crippen molar-refractivity contribution in [2.75, 3.05) is 13.6 Å². The van der Waals surface area contributed by atoms with E-state index < -0.39 is 16.1 Å². The van der Waals surface area contributed by atoms with Crippen molar-refractivity contribution in [2.24, 2.45) is 0 Å². The van der Waals surface area contributed by atoms with E-state index in [0.29, 0.717) is 11.3 Å². The Kier molecular flexibility index (Phi) is 4.93. The summed E-state index contributed by atoms with van der Waals surface area (Å²) in [5.41, 5.74) is 3.06. The summed E-state index contributed by atoms with van der Waals surface area (Å²) in [6.45, 7) is 6.97. The third-order valence-electron chi connectivity index (χ3n) is 3.69. The van der Waals surface area contributed by atoms with Crippen LogP contribution >= 0.6 is 0 Å². The van der Waals surface area contributed by atoms with Gasteiger partial charge < -0.3 is 9.63 Å². The van der Waals surface area contributed by atoms with Gasteiger partial charge in [0, 0.05) is 13.6 Å². The zero-order valence-electron chi connectivity index (χ0n) is 14.0. The predicted molar refractivity (Wildman–Crippen MR) is 86.7 cm³/mol. The van der Waals surface area contributed by atoms with Crippen LogP contribution < -0.4 is 0 Å². The highest BCUT2D eigenvalue weighted by Gasteiger charge is 2.30. The minimum Gasteiger partial charge on any atom is -0.387 e. The van der Waals surface area contributed by atoms with Gasteiger partial charge in [-0.15, -0.1) is 0 Å². The molecule has 1 unspecified atom stereocenters. The number of benzene rings is 1. The molecule has 1 N–H and O–H groups in total. The summed E-state index contributed by atoms with van der Waals surface area (Å²) in [6.07, 6.45) is -0.908. The molecule has 0 amide bonds. The first-order valence-corrected chi connectivity index (χ1v) is 8.72. The van der Waals surface area contributed by atoms with Gasteiger partial charge in [-0.25, -0.2) is 8.42 Å². The van der Waals surface area contributed by atoms with E-state index in [2.05, 4.69) is 5.16 Å². The van der Waals surface area contributed by atoms with Crippen LogP contribution in [0, 0.1) is 27.7 Å². The van der Waals surface area contributed by atoms with Crippen molar-refractivity contribution in [3.05, 3.63) is 46.3 Å². The maximum atomic E-state index is 12.7. The molecule has 1 heterocycles. The van der Waals surface area contributed by atoms with Crippen molar-refractivity contribution in [2.45, 2.75) is 38.7 Å². The summed E-state index contributed by atoms with van der Waals surface area (Å²) in [7, 11) is -2.33. The molecule has 0 radical (unpaired) electrons. The highest BCUT2D eigenvalue weighted by molar-refractivity contribution is 7.89. The molecule has 23 heavy (non-hydrogen) atoms. The zero-order valence-corrected chi connectivity index (χ0v) is 14.8. The second-order valence-corrected chi connectivity index (χ2v) is 7.86. The molecular formula is C16H22N2O4S. The molecular weight excluding hydrogens is 316 g/mol. The average Bonchev–Trinajstić information content (AvgIpc) is 2.77. The van der Waals surface area contributed by atoms with Gasteiger partial charge in [0.15, 0.2) is 5.76 Å². The molecule has 0 saturated heterocycles. The lowest BCUT2D eigenvalue weighted by atomic mass is 10.0. The summed E-state index contributed by atoms with van der Waals surface area (Å²) in [5, 5.41) is 14.1. The molecule has 2 rings (SSSR count). The second-order valence-electron chi connectivity index (χ2n) is 5.88. The number of hydrogen-bond donors (Lipinski definition) is 1. The van der Waals surface area contributed by atoms with Crippen molar-refractivity contribution < 1.29 is 18.0 Å². The second kappa shape index (κ2) is 6.43. The number of likely N-dealkylation sites (N-methyl/N-ethyl adjacent to an activating group) is 1. The Bertz CT molecular complexity index is 772. The normalized spacial score (nSPS) is 13.5. The lowest BCUT2D eigenvalue weighted by molar-refractivity contribution is 0.155. The Morgan fingerprint density at radius 1 is 1.17 bits per heavy atom. The van der Waals surface area contributed by atoms with Gasteiger partial charge in [-0.2, -0.15) is 4.31 Å². The monoisotopic (exact) mass is 338 g/mol. The van der Waals surface area contributed by atoms with Gasteiger partial charge in [0.25, 0.3) is 0 Å². The largest absolute Gasteiger partial charge is 0.387 e. The third-order valence-corrected chi connectivity index (χ3v) is 5.76. The van der Waals surface area contributed by atoms with Gasteiger partial charge in [0.1, 0.15) is 10.6 Å². The molecule has 0 spiro atoms. The van der Waals surface area contributed by atoms with E-state index in [1.807, 2.05) is 32.0 Å². The summed E-state index contributed by atoms with van der Waals surface area (Å²) in [4.78, 5) is 0.0626. The zero-order chi connectivity index (χ0) is 17.4. The molecule has 0 bridgehead atoms. The Balaban J connectivity index is 2.25. The van der Waals surface area contributed by atoms with Crippen molar-refractivity contribution in [1.29, 1.82) is 0 Å². The maximum Gasteiger partial charge on any atom is 0.248 e. The van der Waals surface area contributed by atoms with Gasteiger partial charge >= 0.3 is 0 Å². The van der Waals surface area contributed by atoms with E-state index in [-0.39, 0.29) is 17.2 Å². The van der Waals surface area contributed by atoms with Gasteiger partial charge in [-0.05, 0) is 33.3 Å². The van der Waals surface area contributed by atoms with Crippen molar-refractivity contribution in [3.63, 3.8) is 0 Å². The minimum atomic E-state index is -3.76. The van der Waals surface area contributed by atoms with Crippen LogP contribution in [0.1, 0.15) is 34.2 Å². The van der Waals surface area contributed by atoms with Crippen LogP contribution in [-0.2, 0) is 10.0 Å². The molecule has 0 fully saturated rings. The summed E-state index contributed by atoms with van der Waals surface area (Å²) in [6, 6.07) is 5.71. The molecule has 7 heteroatoms. The van der Waals surface area contributed by atoms with Gasteiger partial charge in [0.2, 0.25) is 10.0 Å². The van der Waals surface area contributed by atoms with Crippen LogP contribution in [-0.4, -0.2) is 36.6 Å². The molecule has 0 aliphatic carbocycles. The highest BCUT2D eigenvalue weighted by Crippen LogP contribution is 2.25. The molecule has 6 nitrogen and oxygen atoms in total. The molecule has 2 aromatic rings. The number of aryl methyl sites for hydroxylation is 4. The fourth-order valence-electron chi connectivity index (χ4n) is 2.65. The molecule has 1 atom stereocenters. The number of aromatic nitrogens is 1. The quantitative estimate of drug-likeness (QED) is 0.904.